The first kappa shape index (κ1) is 11.9. The van der Waals surface area contributed by atoms with Crippen molar-refractivity contribution in [3.05, 3.63) is 29.6 Å². The third kappa shape index (κ3) is 2.55. The Kier molecular flexibility index (Phi) is 3.28. The van der Waals surface area contributed by atoms with E-state index in [4.69, 9.17) is 0 Å². The third-order valence-corrected chi connectivity index (χ3v) is 2.98. The van der Waals surface area contributed by atoms with Gasteiger partial charge in [0.05, 0.1) is 5.56 Å². The molecule has 0 saturated carbocycles. The Balaban J connectivity index is 2.16. The second-order valence-electron chi connectivity index (χ2n) is 4.26. The van der Waals surface area contributed by atoms with Crippen molar-refractivity contribution in [2.24, 2.45) is 0 Å². The van der Waals surface area contributed by atoms with Gasteiger partial charge < -0.3 is 14.9 Å². The number of rotatable bonds is 1. The molecule has 1 aliphatic rings. The van der Waals surface area contributed by atoms with Crippen LogP contribution in [0.25, 0.3) is 0 Å². The van der Waals surface area contributed by atoms with Crippen LogP contribution < -0.4 is 0 Å². The van der Waals surface area contributed by atoms with Crippen molar-refractivity contribution in [1.29, 1.82) is 0 Å². The SMILES string of the molecule is CN1CCN(C(=O)c2cc(F)ccc2O)CC1. The summed E-state index contributed by atoms with van der Waals surface area (Å²) in [7, 11) is 1.99. The van der Waals surface area contributed by atoms with E-state index in [-0.39, 0.29) is 17.2 Å². The van der Waals surface area contributed by atoms with Crippen LogP contribution in [-0.2, 0) is 0 Å². The molecule has 17 heavy (non-hydrogen) atoms. The molecule has 0 radical (unpaired) electrons. The third-order valence-electron chi connectivity index (χ3n) is 2.98. The highest BCUT2D eigenvalue weighted by molar-refractivity contribution is 5.96. The lowest BCUT2D eigenvalue weighted by Crippen LogP contribution is -2.47. The Morgan fingerprint density at radius 2 is 1.94 bits per heavy atom. The Morgan fingerprint density at radius 1 is 1.29 bits per heavy atom. The monoisotopic (exact) mass is 238 g/mol. The molecule has 1 fully saturated rings. The van der Waals surface area contributed by atoms with Crippen LogP contribution in [-0.4, -0.2) is 54.0 Å². The molecule has 1 aromatic rings. The highest BCUT2D eigenvalue weighted by Crippen LogP contribution is 2.20. The number of hydrogen-bond acceptors (Lipinski definition) is 3. The Labute approximate surface area is 99.3 Å². The zero-order valence-corrected chi connectivity index (χ0v) is 9.69. The van der Waals surface area contributed by atoms with Gasteiger partial charge >= 0.3 is 0 Å². The van der Waals surface area contributed by atoms with Crippen molar-refractivity contribution in [3.8, 4) is 5.75 Å². The molecule has 4 nitrogen and oxygen atoms in total. The van der Waals surface area contributed by atoms with Crippen molar-refractivity contribution < 1.29 is 14.3 Å². The number of carbonyl (C=O) groups is 1. The molecule has 2 rings (SSSR count). The highest BCUT2D eigenvalue weighted by Gasteiger charge is 2.22. The first-order valence-corrected chi connectivity index (χ1v) is 5.54. The quantitative estimate of drug-likeness (QED) is 0.791. The number of amides is 1. The zero-order chi connectivity index (χ0) is 12.4. The number of nitrogens with zero attached hydrogens (tertiary/aromatic N) is 2. The predicted octanol–water partition coefficient (Wildman–Crippen LogP) is 0.919. The Hall–Kier alpha value is -1.62. The summed E-state index contributed by atoms with van der Waals surface area (Å²) in [5, 5.41) is 9.56. The molecule has 1 aliphatic heterocycles. The maximum Gasteiger partial charge on any atom is 0.257 e. The van der Waals surface area contributed by atoms with Crippen LogP contribution in [0.5, 0.6) is 5.75 Å². The molecule has 0 bridgehead atoms. The van der Waals surface area contributed by atoms with E-state index in [1.807, 2.05) is 7.05 Å². The zero-order valence-electron chi connectivity index (χ0n) is 9.69. The van der Waals surface area contributed by atoms with Gasteiger partial charge in [0, 0.05) is 26.2 Å². The highest BCUT2D eigenvalue weighted by atomic mass is 19.1. The van der Waals surface area contributed by atoms with Gasteiger partial charge in [-0.25, -0.2) is 4.39 Å². The van der Waals surface area contributed by atoms with Crippen molar-refractivity contribution in [3.63, 3.8) is 0 Å². The first-order valence-electron chi connectivity index (χ1n) is 5.54. The number of carbonyl (C=O) groups excluding carboxylic acids is 1. The summed E-state index contributed by atoms with van der Waals surface area (Å²) in [4.78, 5) is 15.8. The second kappa shape index (κ2) is 4.71. The van der Waals surface area contributed by atoms with Crippen molar-refractivity contribution in [2.45, 2.75) is 0 Å². The smallest absolute Gasteiger partial charge is 0.257 e. The van der Waals surface area contributed by atoms with E-state index in [9.17, 15) is 14.3 Å². The topological polar surface area (TPSA) is 43.8 Å². The number of halogens is 1. The molecule has 0 atom stereocenters. The van der Waals surface area contributed by atoms with E-state index < -0.39 is 5.82 Å². The molecule has 1 N–H and O–H groups in total. The first-order chi connectivity index (χ1) is 8.08. The lowest BCUT2D eigenvalue weighted by Gasteiger charge is -2.32. The van der Waals surface area contributed by atoms with Gasteiger partial charge in [-0.15, -0.1) is 0 Å². The molecule has 0 unspecified atom stereocenters. The van der Waals surface area contributed by atoms with Crippen LogP contribution in [0.2, 0.25) is 0 Å². The lowest BCUT2D eigenvalue weighted by atomic mass is 10.1. The number of aromatic hydroxyl groups is 1. The van der Waals surface area contributed by atoms with Gasteiger partial charge in [0.2, 0.25) is 0 Å². The molecular formula is C12H15FN2O2. The van der Waals surface area contributed by atoms with E-state index in [1.165, 1.54) is 6.07 Å². The number of phenolic OH excluding ortho intramolecular Hbond substituents is 1. The van der Waals surface area contributed by atoms with Crippen LogP contribution in [0.3, 0.4) is 0 Å². The Morgan fingerprint density at radius 3 is 2.59 bits per heavy atom. The maximum absolute atomic E-state index is 13.0. The van der Waals surface area contributed by atoms with Crippen LogP contribution in [0.4, 0.5) is 4.39 Å². The summed E-state index contributed by atoms with van der Waals surface area (Å²) in [5.74, 6) is -0.995. The van der Waals surface area contributed by atoms with Crippen LogP contribution >= 0.6 is 0 Å². The number of benzene rings is 1. The van der Waals surface area contributed by atoms with Crippen molar-refractivity contribution in [1.82, 2.24) is 9.80 Å². The molecule has 1 heterocycles. The number of likely N-dealkylation sites (N-methyl/N-ethyl adjacent to an activating group) is 1. The summed E-state index contributed by atoms with van der Waals surface area (Å²) in [6, 6.07) is 3.42. The molecule has 0 aliphatic carbocycles. The number of phenols is 1. The fourth-order valence-corrected chi connectivity index (χ4v) is 1.86. The van der Waals surface area contributed by atoms with Crippen molar-refractivity contribution >= 4 is 5.91 Å². The summed E-state index contributed by atoms with van der Waals surface area (Å²) in [6.45, 7) is 2.79. The van der Waals surface area contributed by atoms with Gasteiger partial charge in [-0.2, -0.15) is 0 Å². The molecular weight excluding hydrogens is 223 g/mol. The molecule has 5 heteroatoms. The number of hydrogen-bond donors (Lipinski definition) is 1. The van der Waals surface area contributed by atoms with Crippen LogP contribution in [0, 0.1) is 5.82 Å². The summed E-state index contributed by atoms with van der Waals surface area (Å²) in [5.41, 5.74) is 0.0366. The van der Waals surface area contributed by atoms with Gasteiger partial charge in [-0.1, -0.05) is 0 Å². The van der Waals surface area contributed by atoms with Crippen LogP contribution in [0.1, 0.15) is 10.4 Å². The minimum absolute atomic E-state index is 0.0366. The fourth-order valence-electron chi connectivity index (χ4n) is 1.86. The molecule has 0 aromatic heterocycles. The predicted molar refractivity (Wildman–Crippen MR) is 61.5 cm³/mol. The summed E-state index contributed by atoms with van der Waals surface area (Å²) in [6.07, 6.45) is 0. The normalized spacial score (nSPS) is 17.2. The largest absolute Gasteiger partial charge is 0.507 e. The molecule has 1 aromatic carbocycles. The van der Waals surface area contributed by atoms with Gasteiger partial charge in [-0.3, -0.25) is 4.79 Å². The average molecular weight is 238 g/mol. The van der Waals surface area contributed by atoms with Gasteiger partial charge in [0.15, 0.2) is 0 Å². The van der Waals surface area contributed by atoms with E-state index in [0.29, 0.717) is 13.1 Å². The van der Waals surface area contributed by atoms with E-state index in [0.717, 1.165) is 25.2 Å². The minimum Gasteiger partial charge on any atom is -0.507 e. The van der Waals surface area contributed by atoms with E-state index in [2.05, 4.69) is 4.90 Å². The van der Waals surface area contributed by atoms with Gasteiger partial charge in [-0.05, 0) is 25.2 Å². The van der Waals surface area contributed by atoms with Crippen LogP contribution in [0.15, 0.2) is 18.2 Å². The molecule has 92 valence electrons. The van der Waals surface area contributed by atoms with E-state index in [1.54, 1.807) is 4.90 Å². The minimum atomic E-state index is -0.514. The molecule has 1 saturated heterocycles. The maximum atomic E-state index is 13.0. The average Bonchev–Trinajstić information content (AvgIpc) is 2.32. The summed E-state index contributed by atoms with van der Waals surface area (Å²) < 4.78 is 13.0. The standard InChI is InChI=1S/C12H15FN2O2/c1-14-4-6-15(7-5-14)12(17)10-8-9(13)2-3-11(10)16/h2-3,8,16H,4-7H2,1H3. The van der Waals surface area contributed by atoms with Crippen molar-refractivity contribution in [2.75, 3.05) is 33.2 Å². The van der Waals surface area contributed by atoms with Gasteiger partial charge in [0.25, 0.3) is 5.91 Å². The van der Waals surface area contributed by atoms with E-state index >= 15 is 0 Å². The molecule has 0 spiro atoms. The summed E-state index contributed by atoms with van der Waals surface area (Å²) >= 11 is 0. The Bertz CT molecular complexity index is 429. The molecule has 1 amide bonds. The second-order valence-corrected chi connectivity index (χ2v) is 4.26. The fraction of sp³-hybridized carbons (Fsp3) is 0.417. The number of piperazine rings is 1. The van der Waals surface area contributed by atoms with Gasteiger partial charge in [0.1, 0.15) is 11.6 Å². The lowest BCUT2D eigenvalue weighted by molar-refractivity contribution is 0.0660.